The van der Waals surface area contributed by atoms with Crippen molar-refractivity contribution in [1.82, 2.24) is 4.98 Å². The maximum Gasteiger partial charge on any atom is 0.310 e. The molecular formula is C18H23NO2. The first-order valence-electron chi connectivity index (χ1n) is 7.68. The normalized spacial score (nSPS) is 34.8. The maximum atomic E-state index is 12.5. The molecule has 0 spiro atoms. The molecule has 0 bridgehead atoms. The molecule has 2 fully saturated rings. The van der Waals surface area contributed by atoms with Crippen LogP contribution in [-0.4, -0.2) is 16.6 Å². The third kappa shape index (κ3) is 1.94. The zero-order valence-corrected chi connectivity index (χ0v) is 13.3. The number of esters is 1. The molecule has 3 nitrogen and oxygen atoms in total. The summed E-state index contributed by atoms with van der Waals surface area (Å²) in [7, 11) is 0. The molecule has 0 aromatic carbocycles. The van der Waals surface area contributed by atoms with Crippen LogP contribution in [-0.2, 0) is 16.0 Å². The van der Waals surface area contributed by atoms with Gasteiger partial charge in [-0.1, -0.05) is 24.1 Å². The molecule has 0 N–H and O–H groups in total. The SMILES string of the molecule is CC(C)=C1CC[C@]2(C)OC(=O)[C@H](Cc3ccccn3)[C@]12C. The summed E-state index contributed by atoms with van der Waals surface area (Å²) in [5, 5.41) is 0. The molecule has 1 aromatic rings. The van der Waals surface area contributed by atoms with Gasteiger partial charge >= 0.3 is 5.97 Å². The van der Waals surface area contributed by atoms with Crippen LogP contribution in [0.5, 0.6) is 0 Å². The number of hydrogen-bond donors (Lipinski definition) is 0. The second kappa shape index (κ2) is 4.69. The predicted octanol–water partition coefficient (Wildman–Crippen LogP) is 3.69. The predicted molar refractivity (Wildman–Crippen MR) is 81.6 cm³/mol. The molecule has 0 unspecified atom stereocenters. The number of fused-ring (bicyclic) bond motifs is 1. The van der Waals surface area contributed by atoms with E-state index in [9.17, 15) is 4.79 Å². The Hall–Kier alpha value is -1.64. The van der Waals surface area contributed by atoms with Crippen LogP contribution >= 0.6 is 0 Å². The molecule has 1 saturated heterocycles. The highest BCUT2D eigenvalue weighted by Gasteiger charge is 2.65. The first-order valence-corrected chi connectivity index (χ1v) is 7.68. The van der Waals surface area contributed by atoms with Gasteiger partial charge in [0.1, 0.15) is 5.60 Å². The average Bonchev–Trinajstić information content (AvgIpc) is 2.79. The number of allylic oxidation sites excluding steroid dienone is 1. The highest BCUT2D eigenvalue weighted by molar-refractivity contribution is 5.79. The van der Waals surface area contributed by atoms with E-state index >= 15 is 0 Å². The van der Waals surface area contributed by atoms with Crippen molar-refractivity contribution >= 4 is 5.97 Å². The van der Waals surface area contributed by atoms with Crippen molar-refractivity contribution in [3.8, 4) is 0 Å². The van der Waals surface area contributed by atoms with E-state index in [4.69, 9.17) is 4.74 Å². The largest absolute Gasteiger partial charge is 0.458 e. The van der Waals surface area contributed by atoms with E-state index in [1.807, 2.05) is 18.2 Å². The van der Waals surface area contributed by atoms with Crippen LogP contribution in [0.25, 0.3) is 0 Å². The van der Waals surface area contributed by atoms with Crippen LogP contribution in [0.3, 0.4) is 0 Å². The minimum atomic E-state index is -0.365. The van der Waals surface area contributed by atoms with E-state index in [0.29, 0.717) is 6.42 Å². The number of carbonyl (C=O) groups excluding carboxylic acids is 1. The van der Waals surface area contributed by atoms with Crippen LogP contribution in [0, 0.1) is 11.3 Å². The van der Waals surface area contributed by atoms with Gasteiger partial charge in [0.05, 0.1) is 5.92 Å². The number of ether oxygens (including phenoxy) is 1. The Morgan fingerprint density at radius 2 is 2.14 bits per heavy atom. The van der Waals surface area contributed by atoms with Crippen LogP contribution in [0.1, 0.15) is 46.2 Å². The minimum absolute atomic E-state index is 0.0656. The summed E-state index contributed by atoms with van der Waals surface area (Å²) in [6, 6.07) is 5.86. The molecule has 3 rings (SSSR count). The summed E-state index contributed by atoms with van der Waals surface area (Å²) in [6.45, 7) is 8.60. The Balaban J connectivity index is 2.03. The summed E-state index contributed by atoms with van der Waals surface area (Å²) in [5.41, 5.74) is 3.11. The van der Waals surface area contributed by atoms with Crippen molar-refractivity contribution in [2.45, 2.75) is 52.6 Å². The molecule has 3 heteroatoms. The molecule has 3 atom stereocenters. The highest BCUT2D eigenvalue weighted by Crippen LogP contribution is 2.62. The molecule has 2 aliphatic rings. The van der Waals surface area contributed by atoms with Crippen molar-refractivity contribution in [3.63, 3.8) is 0 Å². The number of nitrogens with zero attached hydrogens (tertiary/aromatic N) is 1. The van der Waals surface area contributed by atoms with Crippen molar-refractivity contribution < 1.29 is 9.53 Å². The number of pyridine rings is 1. The van der Waals surface area contributed by atoms with Gasteiger partial charge in [-0.25, -0.2) is 0 Å². The third-order valence-electron chi connectivity index (χ3n) is 5.63. The lowest BCUT2D eigenvalue weighted by Gasteiger charge is -2.36. The second-order valence-electron chi connectivity index (χ2n) is 6.91. The Labute approximate surface area is 126 Å². The van der Waals surface area contributed by atoms with Crippen molar-refractivity contribution in [2.75, 3.05) is 0 Å². The first-order chi connectivity index (χ1) is 9.88. The first kappa shape index (κ1) is 14.3. The van der Waals surface area contributed by atoms with E-state index in [1.54, 1.807) is 6.20 Å². The molecule has 1 aromatic heterocycles. The number of aromatic nitrogens is 1. The second-order valence-corrected chi connectivity index (χ2v) is 6.91. The van der Waals surface area contributed by atoms with Gasteiger partial charge in [-0.15, -0.1) is 0 Å². The van der Waals surface area contributed by atoms with E-state index in [2.05, 4.69) is 32.7 Å². The van der Waals surface area contributed by atoms with Gasteiger partial charge in [0.25, 0.3) is 0 Å². The fraction of sp³-hybridized carbons (Fsp3) is 0.556. The van der Waals surface area contributed by atoms with E-state index in [1.165, 1.54) is 11.1 Å². The quantitative estimate of drug-likeness (QED) is 0.614. The summed E-state index contributed by atoms with van der Waals surface area (Å²) in [5.74, 6) is -0.200. The maximum absolute atomic E-state index is 12.5. The lowest BCUT2D eigenvalue weighted by molar-refractivity contribution is -0.150. The van der Waals surface area contributed by atoms with Crippen LogP contribution in [0.2, 0.25) is 0 Å². The van der Waals surface area contributed by atoms with Gasteiger partial charge in [-0.2, -0.15) is 0 Å². The molecule has 112 valence electrons. The molecule has 1 aliphatic carbocycles. The van der Waals surface area contributed by atoms with Gasteiger partial charge in [0.2, 0.25) is 0 Å². The van der Waals surface area contributed by atoms with Gasteiger partial charge in [0, 0.05) is 23.7 Å². The molecular weight excluding hydrogens is 262 g/mol. The molecule has 0 radical (unpaired) electrons. The van der Waals surface area contributed by atoms with Crippen molar-refractivity contribution in [2.24, 2.45) is 11.3 Å². The van der Waals surface area contributed by atoms with Crippen LogP contribution in [0.4, 0.5) is 0 Å². The topological polar surface area (TPSA) is 39.2 Å². The third-order valence-corrected chi connectivity index (χ3v) is 5.63. The van der Waals surface area contributed by atoms with Crippen molar-refractivity contribution in [1.29, 1.82) is 0 Å². The van der Waals surface area contributed by atoms with Gasteiger partial charge in [-0.05, 0) is 45.7 Å². The Morgan fingerprint density at radius 3 is 2.76 bits per heavy atom. The summed E-state index contributed by atoms with van der Waals surface area (Å²) in [4.78, 5) is 16.9. The van der Waals surface area contributed by atoms with Crippen molar-refractivity contribution in [3.05, 3.63) is 41.2 Å². The van der Waals surface area contributed by atoms with Gasteiger partial charge < -0.3 is 4.74 Å². The van der Waals surface area contributed by atoms with Crippen LogP contribution in [0.15, 0.2) is 35.5 Å². The van der Waals surface area contributed by atoms with Gasteiger partial charge in [0.15, 0.2) is 0 Å². The lowest BCUT2D eigenvalue weighted by atomic mass is 9.65. The number of carbonyl (C=O) groups is 1. The van der Waals surface area contributed by atoms with E-state index in [-0.39, 0.29) is 22.9 Å². The number of hydrogen-bond acceptors (Lipinski definition) is 3. The highest BCUT2D eigenvalue weighted by atomic mass is 16.6. The molecule has 2 heterocycles. The molecule has 0 amide bonds. The zero-order chi connectivity index (χ0) is 15.3. The summed E-state index contributed by atoms with van der Waals surface area (Å²) >= 11 is 0. The fourth-order valence-corrected chi connectivity index (χ4v) is 4.25. The average molecular weight is 285 g/mol. The Morgan fingerprint density at radius 1 is 1.38 bits per heavy atom. The Kier molecular flexibility index (Phi) is 3.19. The van der Waals surface area contributed by atoms with E-state index < -0.39 is 0 Å². The lowest BCUT2D eigenvalue weighted by Crippen LogP contribution is -2.40. The van der Waals surface area contributed by atoms with E-state index in [0.717, 1.165) is 18.5 Å². The molecule has 21 heavy (non-hydrogen) atoms. The fourth-order valence-electron chi connectivity index (χ4n) is 4.25. The Bertz CT molecular complexity index is 603. The number of rotatable bonds is 2. The zero-order valence-electron chi connectivity index (χ0n) is 13.3. The van der Waals surface area contributed by atoms with Crippen LogP contribution < -0.4 is 0 Å². The molecule has 1 saturated carbocycles. The standard InChI is InChI=1S/C18H23NO2/c1-12(2)14-8-9-17(3)18(14,4)15(16(20)21-17)11-13-7-5-6-10-19-13/h5-7,10,15H,8-9,11H2,1-4H3/t15-,17-,18-/m0/s1. The summed E-state index contributed by atoms with van der Waals surface area (Å²) in [6.07, 6.45) is 4.39. The summed E-state index contributed by atoms with van der Waals surface area (Å²) < 4.78 is 5.84. The monoisotopic (exact) mass is 285 g/mol. The van der Waals surface area contributed by atoms with Gasteiger partial charge in [-0.3, -0.25) is 9.78 Å². The minimum Gasteiger partial charge on any atom is -0.458 e. The molecule has 1 aliphatic heterocycles. The smallest absolute Gasteiger partial charge is 0.310 e.